The van der Waals surface area contributed by atoms with E-state index in [0.29, 0.717) is 6.54 Å². The molecular weight excluding hydrogens is 300 g/mol. The van der Waals surface area contributed by atoms with Crippen molar-refractivity contribution in [3.63, 3.8) is 0 Å². The van der Waals surface area contributed by atoms with Crippen LogP contribution in [0.3, 0.4) is 0 Å². The van der Waals surface area contributed by atoms with Crippen LogP contribution in [0.4, 0.5) is 10.5 Å². The standard InChI is InChI=1S/C20H32N2O2/c1-5-6-7-8-12-21-18-10-9-16-11-13-22(15-17(16)14-18)19(23)24-20(2,3)4/h9-10,14,21H,5-8,11-13,15H2,1-4H3. The van der Waals surface area contributed by atoms with E-state index in [1.165, 1.54) is 36.8 Å². The average Bonchev–Trinajstić information content (AvgIpc) is 2.52. The summed E-state index contributed by atoms with van der Waals surface area (Å²) in [5, 5.41) is 3.50. The third kappa shape index (κ3) is 5.73. The van der Waals surface area contributed by atoms with Gasteiger partial charge in [-0.25, -0.2) is 4.79 Å². The van der Waals surface area contributed by atoms with E-state index in [2.05, 4.69) is 30.4 Å². The molecule has 0 bridgehead atoms. The van der Waals surface area contributed by atoms with Crippen LogP contribution >= 0.6 is 0 Å². The fourth-order valence-electron chi connectivity index (χ4n) is 2.93. The molecule has 1 aromatic rings. The second kappa shape index (κ2) is 8.41. The summed E-state index contributed by atoms with van der Waals surface area (Å²) in [7, 11) is 0. The monoisotopic (exact) mass is 332 g/mol. The number of carbonyl (C=O) groups excluding carboxylic acids is 1. The summed E-state index contributed by atoms with van der Waals surface area (Å²) >= 11 is 0. The molecule has 1 heterocycles. The zero-order valence-electron chi connectivity index (χ0n) is 15.7. The van der Waals surface area contributed by atoms with Gasteiger partial charge in [0.2, 0.25) is 0 Å². The molecule has 1 aliphatic rings. The largest absolute Gasteiger partial charge is 0.444 e. The average molecular weight is 332 g/mol. The second-order valence-corrected chi connectivity index (χ2v) is 7.62. The fourth-order valence-corrected chi connectivity index (χ4v) is 2.93. The van der Waals surface area contributed by atoms with Crippen LogP contribution in [0.2, 0.25) is 0 Å². The first kappa shape index (κ1) is 18.6. The van der Waals surface area contributed by atoms with Gasteiger partial charge in [-0.15, -0.1) is 0 Å². The summed E-state index contributed by atoms with van der Waals surface area (Å²) in [5.41, 5.74) is 3.27. The fraction of sp³-hybridized carbons (Fsp3) is 0.650. The van der Waals surface area contributed by atoms with Crippen LogP contribution in [0.15, 0.2) is 18.2 Å². The minimum atomic E-state index is -0.445. The lowest BCUT2D eigenvalue weighted by molar-refractivity contribution is 0.0224. The highest BCUT2D eigenvalue weighted by Gasteiger charge is 2.25. The van der Waals surface area contributed by atoms with Crippen molar-refractivity contribution in [3.8, 4) is 0 Å². The predicted molar refractivity (Wildman–Crippen MR) is 99.4 cm³/mol. The maximum atomic E-state index is 12.3. The van der Waals surface area contributed by atoms with Crippen molar-refractivity contribution in [1.29, 1.82) is 0 Å². The molecule has 1 aliphatic heterocycles. The molecular formula is C20H32N2O2. The van der Waals surface area contributed by atoms with Crippen molar-refractivity contribution < 1.29 is 9.53 Å². The van der Waals surface area contributed by atoms with E-state index < -0.39 is 5.60 Å². The number of nitrogens with zero attached hydrogens (tertiary/aromatic N) is 1. The van der Waals surface area contributed by atoms with Crippen molar-refractivity contribution in [3.05, 3.63) is 29.3 Å². The zero-order valence-corrected chi connectivity index (χ0v) is 15.7. The lowest BCUT2D eigenvalue weighted by atomic mass is 9.99. The molecule has 0 aromatic heterocycles. The quantitative estimate of drug-likeness (QED) is 0.748. The van der Waals surface area contributed by atoms with Crippen molar-refractivity contribution in [1.82, 2.24) is 4.90 Å². The highest BCUT2D eigenvalue weighted by molar-refractivity contribution is 5.69. The topological polar surface area (TPSA) is 41.6 Å². The van der Waals surface area contributed by atoms with Crippen LogP contribution < -0.4 is 5.32 Å². The Bertz CT molecular complexity index is 549. The molecule has 24 heavy (non-hydrogen) atoms. The van der Waals surface area contributed by atoms with Crippen LogP contribution in [0.25, 0.3) is 0 Å². The van der Waals surface area contributed by atoms with Gasteiger partial charge in [-0.2, -0.15) is 0 Å². The lowest BCUT2D eigenvalue weighted by Gasteiger charge is -2.31. The molecule has 0 saturated heterocycles. The molecule has 0 spiro atoms. The van der Waals surface area contributed by atoms with Gasteiger partial charge >= 0.3 is 6.09 Å². The Kier molecular flexibility index (Phi) is 6.52. The molecule has 134 valence electrons. The number of ether oxygens (including phenoxy) is 1. The molecule has 0 unspecified atom stereocenters. The Labute approximate surface area is 146 Å². The molecule has 4 nitrogen and oxygen atoms in total. The van der Waals surface area contributed by atoms with E-state index >= 15 is 0 Å². The molecule has 0 fully saturated rings. The number of unbranched alkanes of at least 4 members (excludes halogenated alkanes) is 3. The molecule has 2 rings (SSSR count). The molecule has 1 aromatic carbocycles. The summed E-state index contributed by atoms with van der Waals surface area (Å²) in [6.45, 7) is 10.3. The number of anilines is 1. The maximum absolute atomic E-state index is 12.3. The van der Waals surface area contributed by atoms with Gasteiger partial charge in [0.25, 0.3) is 0 Å². The zero-order chi connectivity index (χ0) is 17.6. The number of hydrogen-bond donors (Lipinski definition) is 1. The first-order valence-electron chi connectivity index (χ1n) is 9.22. The Morgan fingerprint density at radius 1 is 1.21 bits per heavy atom. The number of carbonyl (C=O) groups is 1. The molecule has 1 amide bonds. The van der Waals surface area contributed by atoms with Gasteiger partial charge in [-0.1, -0.05) is 32.3 Å². The third-order valence-corrected chi connectivity index (χ3v) is 4.23. The van der Waals surface area contributed by atoms with Gasteiger partial charge in [0.1, 0.15) is 5.60 Å². The minimum absolute atomic E-state index is 0.217. The van der Waals surface area contributed by atoms with Crippen LogP contribution in [-0.4, -0.2) is 29.7 Å². The first-order valence-corrected chi connectivity index (χ1v) is 9.22. The van der Waals surface area contributed by atoms with Gasteiger partial charge in [-0.05, 0) is 56.9 Å². The molecule has 0 aliphatic carbocycles. The maximum Gasteiger partial charge on any atom is 0.410 e. The van der Waals surface area contributed by atoms with E-state index in [0.717, 1.165) is 25.2 Å². The van der Waals surface area contributed by atoms with Crippen LogP contribution in [-0.2, 0) is 17.7 Å². The molecule has 1 N–H and O–H groups in total. The van der Waals surface area contributed by atoms with Crippen molar-refractivity contribution >= 4 is 11.8 Å². The van der Waals surface area contributed by atoms with Gasteiger partial charge in [-0.3, -0.25) is 0 Å². The van der Waals surface area contributed by atoms with Gasteiger partial charge in [0.05, 0.1) is 0 Å². The van der Waals surface area contributed by atoms with Crippen molar-refractivity contribution in [2.24, 2.45) is 0 Å². The number of nitrogens with one attached hydrogen (secondary N) is 1. The SMILES string of the molecule is CCCCCCNc1ccc2c(c1)CN(C(=O)OC(C)(C)C)CC2. The van der Waals surface area contributed by atoms with Crippen LogP contribution in [0, 0.1) is 0 Å². The molecule has 0 saturated carbocycles. The third-order valence-electron chi connectivity index (χ3n) is 4.23. The summed E-state index contributed by atoms with van der Waals surface area (Å²) in [4.78, 5) is 14.1. The number of rotatable bonds is 6. The Morgan fingerprint density at radius 2 is 2.00 bits per heavy atom. The number of fused-ring (bicyclic) bond motifs is 1. The van der Waals surface area contributed by atoms with Crippen molar-refractivity contribution in [2.45, 2.75) is 71.9 Å². The number of benzene rings is 1. The van der Waals surface area contributed by atoms with E-state index in [1.54, 1.807) is 4.90 Å². The first-order chi connectivity index (χ1) is 11.4. The lowest BCUT2D eigenvalue weighted by Crippen LogP contribution is -2.39. The normalized spacial score (nSPS) is 14.2. The predicted octanol–water partition coefficient (Wildman–Crippen LogP) is 4.97. The van der Waals surface area contributed by atoms with Crippen molar-refractivity contribution in [2.75, 3.05) is 18.4 Å². The second-order valence-electron chi connectivity index (χ2n) is 7.62. The number of hydrogen-bond acceptors (Lipinski definition) is 3. The summed E-state index contributed by atoms with van der Waals surface area (Å²) < 4.78 is 5.50. The van der Waals surface area contributed by atoms with E-state index in [-0.39, 0.29) is 6.09 Å². The van der Waals surface area contributed by atoms with Gasteiger partial charge in [0, 0.05) is 25.3 Å². The summed E-state index contributed by atoms with van der Waals surface area (Å²) in [5.74, 6) is 0. The number of amides is 1. The Balaban J connectivity index is 1.92. The highest BCUT2D eigenvalue weighted by atomic mass is 16.6. The molecule has 0 radical (unpaired) electrons. The summed E-state index contributed by atoms with van der Waals surface area (Å²) in [6.07, 6.45) is 5.73. The molecule has 0 atom stereocenters. The minimum Gasteiger partial charge on any atom is -0.444 e. The summed E-state index contributed by atoms with van der Waals surface area (Å²) in [6, 6.07) is 6.53. The van der Waals surface area contributed by atoms with Crippen LogP contribution in [0.1, 0.15) is 64.5 Å². The highest BCUT2D eigenvalue weighted by Crippen LogP contribution is 2.24. The van der Waals surface area contributed by atoms with Gasteiger partial charge in [0.15, 0.2) is 0 Å². The van der Waals surface area contributed by atoms with E-state index in [1.807, 2.05) is 20.8 Å². The Hall–Kier alpha value is -1.71. The molecule has 4 heteroatoms. The Morgan fingerprint density at radius 3 is 2.71 bits per heavy atom. The van der Waals surface area contributed by atoms with E-state index in [9.17, 15) is 4.79 Å². The van der Waals surface area contributed by atoms with Gasteiger partial charge < -0.3 is 15.0 Å². The van der Waals surface area contributed by atoms with E-state index in [4.69, 9.17) is 4.74 Å². The van der Waals surface area contributed by atoms with Crippen LogP contribution in [0.5, 0.6) is 0 Å². The smallest absolute Gasteiger partial charge is 0.410 e.